The molecule has 0 saturated heterocycles. The topological polar surface area (TPSA) is 52.6 Å². The van der Waals surface area contributed by atoms with Crippen LogP contribution in [-0.4, -0.2) is 30.7 Å². The minimum absolute atomic E-state index is 0.0342. The van der Waals surface area contributed by atoms with Crippen LogP contribution in [0.15, 0.2) is 18.2 Å². The lowest BCUT2D eigenvalue weighted by Gasteiger charge is -2.14. The van der Waals surface area contributed by atoms with Crippen molar-refractivity contribution in [3.63, 3.8) is 0 Å². The molecule has 5 heteroatoms. The second-order valence-corrected chi connectivity index (χ2v) is 6.14. The summed E-state index contributed by atoms with van der Waals surface area (Å²) in [5, 5.41) is 0.146. The van der Waals surface area contributed by atoms with Gasteiger partial charge in [-0.15, -0.1) is 0 Å². The molecule has 0 aliphatic rings. The fraction of sp³-hybridized carbons (Fsp3) is 0.500. The van der Waals surface area contributed by atoms with Crippen molar-refractivity contribution in [2.24, 2.45) is 0 Å². The first kappa shape index (κ1) is 17.6. The minimum Gasteiger partial charge on any atom is -0.494 e. The molecule has 0 aliphatic carbocycles. The van der Waals surface area contributed by atoms with Crippen LogP contribution in [0.1, 0.15) is 43.1 Å². The Hall–Kier alpha value is -1.49. The smallest absolute Gasteiger partial charge is 0.306 e. The quantitative estimate of drug-likeness (QED) is 0.543. The summed E-state index contributed by atoms with van der Waals surface area (Å²) in [5.41, 5.74) is 1.65. The lowest BCUT2D eigenvalue weighted by atomic mass is 10.1. The number of rotatable bonds is 8. The molecule has 0 radical (unpaired) electrons. The zero-order valence-electron chi connectivity index (χ0n) is 13.0. The third-order valence-electron chi connectivity index (χ3n) is 2.97. The fourth-order valence-corrected chi connectivity index (χ4v) is 2.76. The summed E-state index contributed by atoms with van der Waals surface area (Å²) < 4.78 is 10.3. The van der Waals surface area contributed by atoms with Gasteiger partial charge < -0.3 is 9.47 Å². The van der Waals surface area contributed by atoms with Gasteiger partial charge in [0.2, 0.25) is 0 Å². The Morgan fingerprint density at radius 3 is 2.62 bits per heavy atom. The van der Waals surface area contributed by atoms with E-state index in [4.69, 9.17) is 4.74 Å². The SMILES string of the molecule is CCOc1ccc(C(C)=O)cc1CSC(C)CC(=O)OC. The first-order valence-electron chi connectivity index (χ1n) is 6.93. The van der Waals surface area contributed by atoms with E-state index in [1.54, 1.807) is 24.8 Å². The number of Topliss-reactive ketones (excluding diaryl/α,β-unsaturated/α-hetero) is 1. The second kappa shape index (κ2) is 8.72. The molecule has 0 aliphatic heterocycles. The number of benzene rings is 1. The Kier molecular flexibility index (Phi) is 7.29. The van der Waals surface area contributed by atoms with Crippen LogP contribution in [0.5, 0.6) is 5.75 Å². The highest BCUT2D eigenvalue weighted by Crippen LogP contribution is 2.28. The van der Waals surface area contributed by atoms with E-state index < -0.39 is 0 Å². The van der Waals surface area contributed by atoms with E-state index in [9.17, 15) is 9.59 Å². The summed E-state index contributed by atoms with van der Waals surface area (Å²) >= 11 is 1.64. The Balaban J connectivity index is 2.77. The molecule has 0 heterocycles. The number of carbonyl (C=O) groups is 2. The number of carbonyl (C=O) groups excluding carboxylic acids is 2. The highest BCUT2D eigenvalue weighted by Gasteiger charge is 2.13. The van der Waals surface area contributed by atoms with Gasteiger partial charge in [0.1, 0.15) is 5.75 Å². The van der Waals surface area contributed by atoms with E-state index in [1.165, 1.54) is 7.11 Å². The lowest BCUT2D eigenvalue weighted by Crippen LogP contribution is -2.09. The van der Waals surface area contributed by atoms with Gasteiger partial charge >= 0.3 is 5.97 Å². The molecule has 116 valence electrons. The predicted octanol–water partition coefficient (Wildman–Crippen LogP) is 3.47. The van der Waals surface area contributed by atoms with E-state index in [-0.39, 0.29) is 17.0 Å². The Morgan fingerprint density at radius 2 is 2.05 bits per heavy atom. The normalized spacial score (nSPS) is 11.8. The van der Waals surface area contributed by atoms with Gasteiger partial charge in [-0.1, -0.05) is 6.92 Å². The van der Waals surface area contributed by atoms with Crippen LogP contribution in [0.4, 0.5) is 0 Å². The molecule has 0 N–H and O–H groups in total. The van der Waals surface area contributed by atoms with E-state index in [0.717, 1.165) is 11.3 Å². The van der Waals surface area contributed by atoms with E-state index >= 15 is 0 Å². The van der Waals surface area contributed by atoms with Gasteiger partial charge in [-0.3, -0.25) is 9.59 Å². The average Bonchev–Trinajstić information content (AvgIpc) is 2.46. The van der Waals surface area contributed by atoms with Crippen molar-refractivity contribution in [2.45, 2.75) is 38.2 Å². The molecule has 1 atom stereocenters. The monoisotopic (exact) mass is 310 g/mol. The zero-order chi connectivity index (χ0) is 15.8. The first-order valence-corrected chi connectivity index (χ1v) is 7.97. The van der Waals surface area contributed by atoms with Gasteiger partial charge in [-0.25, -0.2) is 0 Å². The third kappa shape index (κ3) is 5.79. The maximum atomic E-state index is 11.5. The summed E-state index contributed by atoms with van der Waals surface area (Å²) in [6, 6.07) is 5.48. The van der Waals surface area contributed by atoms with Crippen LogP contribution in [0, 0.1) is 0 Å². The Morgan fingerprint density at radius 1 is 1.33 bits per heavy atom. The molecule has 0 fully saturated rings. The van der Waals surface area contributed by atoms with E-state index in [1.807, 2.05) is 26.0 Å². The van der Waals surface area contributed by atoms with Crippen molar-refractivity contribution in [1.82, 2.24) is 0 Å². The summed E-state index contributed by atoms with van der Waals surface area (Å²) in [4.78, 5) is 22.7. The van der Waals surface area contributed by atoms with Crippen molar-refractivity contribution in [1.29, 1.82) is 0 Å². The molecule has 1 unspecified atom stereocenters. The van der Waals surface area contributed by atoms with Crippen LogP contribution in [-0.2, 0) is 15.3 Å². The molecule has 1 aromatic carbocycles. The van der Waals surface area contributed by atoms with E-state index in [2.05, 4.69) is 4.74 Å². The van der Waals surface area contributed by atoms with Crippen LogP contribution >= 0.6 is 11.8 Å². The molecule has 4 nitrogen and oxygen atoms in total. The predicted molar refractivity (Wildman–Crippen MR) is 85.0 cm³/mol. The molecule has 0 spiro atoms. The zero-order valence-corrected chi connectivity index (χ0v) is 13.8. The molecule has 21 heavy (non-hydrogen) atoms. The Labute approximate surface area is 130 Å². The number of esters is 1. The molecule has 0 amide bonds. The molecular weight excluding hydrogens is 288 g/mol. The standard InChI is InChI=1S/C16H22O4S/c1-5-20-15-7-6-13(12(3)17)9-14(15)10-21-11(2)8-16(18)19-4/h6-7,9,11H,5,8,10H2,1-4H3. The fourth-order valence-electron chi connectivity index (χ4n) is 1.82. The summed E-state index contributed by atoms with van der Waals surface area (Å²) in [6.45, 7) is 6.04. The number of ketones is 1. The van der Waals surface area contributed by atoms with Crippen molar-refractivity contribution < 1.29 is 19.1 Å². The molecular formula is C16H22O4S. The van der Waals surface area contributed by atoms with Crippen molar-refractivity contribution in [3.05, 3.63) is 29.3 Å². The number of hydrogen-bond donors (Lipinski definition) is 0. The maximum absolute atomic E-state index is 11.5. The van der Waals surface area contributed by atoms with Crippen LogP contribution in [0.25, 0.3) is 0 Å². The van der Waals surface area contributed by atoms with Crippen molar-refractivity contribution in [2.75, 3.05) is 13.7 Å². The van der Waals surface area contributed by atoms with Gasteiger partial charge in [0.15, 0.2) is 5.78 Å². The highest BCUT2D eigenvalue weighted by molar-refractivity contribution is 7.99. The van der Waals surface area contributed by atoms with Gasteiger partial charge in [0.05, 0.1) is 20.1 Å². The van der Waals surface area contributed by atoms with Crippen LogP contribution < -0.4 is 4.74 Å². The third-order valence-corrected chi connectivity index (χ3v) is 4.19. The van der Waals surface area contributed by atoms with Crippen LogP contribution in [0.3, 0.4) is 0 Å². The summed E-state index contributed by atoms with van der Waals surface area (Å²) in [6.07, 6.45) is 0.373. The van der Waals surface area contributed by atoms with Crippen LogP contribution in [0.2, 0.25) is 0 Å². The van der Waals surface area contributed by atoms with Crippen molar-refractivity contribution >= 4 is 23.5 Å². The summed E-state index contributed by atoms with van der Waals surface area (Å²) in [7, 11) is 1.39. The van der Waals surface area contributed by atoms with Gasteiger partial charge in [-0.2, -0.15) is 11.8 Å². The molecule has 1 rings (SSSR count). The second-order valence-electron chi connectivity index (χ2n) is 4.71. The Bertz CT molecular complexity index is 499. The van der Waals surface area contributed by atoms with Gasteiger partial charge in [-0.05, 0) is 32.0 Å². The first-order chi connectivity index (χ1) is 9.97. The molecule has 0 bridgehead atoms. The maximum Gasteiger partial charge on any atom is 0.306 e. The average molecular weight is 310 g/mol. The largest absolute Gasteiger partial charge is 0.494 e. The summed E-state index contributed by atoms with van der Waals surface area (Å²) in [5.74, 6) is 1.30. The number of ether oxygens (including phenoxy) is 2. The number of methoxy groups -OCH3 is 1. The molecule has 0 aromatic heterocycles. The molecule has 0 saturated carbocycles. The highest BCUT2D eigenvalue weighted by atomic mass is 32.2. The number of hydrogen-bond acceptors (Lipinski definition) is 5. The number of thioether (sulfide) groups is 1. The van der Waals surface area contributed by atoms with E-state index in [0.29, 0.717) is 24.3 Å². The van der Waals surface area contributed by atoms with Gasteiger partial charge in [0, 0.05) is 22.1 Å². The lowest BCUT2D eigenvalue weighted by molar-refractivity contribution is -0.140. The molecule has 1 aromatic rings. The van der Waals surface area contributed by atoms with Gasteiger partial charge in [0.25, 0.3) is 0 Å². The van der Waals surface area contributed by atoms with Crippen molar-refractivity contribution in [3.8, 4) is 5.75 Å². The minimum atomic E-state index is -0.211.